The fraction of sp³-hybridized carbons (Fsp3) is 0.240. The van der Waals surface area contributed by atoms with Crippen molar-refractivity contribution in [2.75, 3.05) is 38.3 Å². The summed E-state index contributed by atoms with van der Waals surface area (Å²) in [7, 11) is 1.65. The second kappa shape index (κ2) is 10.4. The SMILES string of the molecule is C=CCc1cc(/C=C/C(=O)/C=C/c2ccc(N3CCOCC3)cc2)ccc1OC. The number of hydrogen-bond acceptors (Lipinski definition) is 4. The summed E-state index contributed by atoms with van der Waals surface area (Å²) in [4.78, 5) is 14.5. The van der Waals surface area contributed by atoms with E-state index in [1.165, 1.54) is 5.69 Å². The van der Waals surface area contributed by atoms with Crippen LogP contribution in [0.5, 0.6) is 5.75 Å². The van der Waals surface area contributed by atoms with Crippen molar-refractivity contribution in [3.8, 4) is 5.75 Å². The number of anilines is 1. The maximum absolute atomic E-state index is 12.2. The van der Waals surface area contributed by atoms with Crippen molar-refractivity contribution in [3.63, 3.8) is 0 Å². The van der Waals surface area contributed by atoms with Gasteiger partial charge in [0.15, 0.2) is 5.78 Å². The standard InChI is InChI=1S/C25H27NO3/c1-3-4-22-19-21(9-14-25(22)28-2)8-13-24(27)12-7-20-5-10-23(11-6-20)26-15-17-29-18-16-26/h3,5-14,19H,1,4,15-18H2,2H3/b12-7+,13-8+. The topological polar surface area (TPSA) is 38.8 Å². The van der Waals surface area contributed by atoms with Crippen molar-refractivity contribution >= 4 is 23.6 Å². The molecule has 4 nitrogen and oxygen atoms in total. The second-order valence-corrected chi connectivity index (χ2v) is 6.82. The molecule has 0 radical (unpaired) electrons. The van der Waals surface area contributed by atoms with Gasteiger partial charge < -0.3 is 14.4 Å². The van der Waals surface area contributed by atoms with E-state index in [1.54, 1.807) is 19.3 Å². The first-order valence-electron chi connectivity index (χ1n) is 9.80. The number of morpholine rings is 1. The summed E-state index contributed by atoms with van der Waals surface area (Å²) >= 11 is 0. The summed E-state index contributed by atoms with van der Waals surface area (Å²) in [6.07, 6.45) is 9.39. The Morgan fingerprint density at radius 1 is 1.07 bits per heavy atom. The Labute approximate surface area is 172 Å². The molecule has 1 heterocycles. The van der Waals surface area contributed by atoms with Crippen LogP contribution in [0, 0.1) is 0 Å². The lowest BCUT2D eigenvalue weighted by molar-refractivity contribution is -0.110. The first-order chi connectivity index (χ1) is 14.2. The Balaban J connectivity index is 1.60. The summed E-state index contributed by atoms with van der Waals surface area (Å²) < 4.78 is 10.7. The van der Waals surface area contributed by atoms with Crippen LogP contribution in [0.1, 0.15) is 16.7 Å². The molecule has 4 heteroatoms. The molecule has 3 rings (SSSR count). The van der Waals surface area contributed by atoms with Crippen molar-refractivity contribution in [2.45, 2.75) is 6.42 Å². The van der Waals surface area contributed by atoms with Crippen LogP contribution >= 0.6 is 0 Å². The highest BCUT2D eigenvalue weighted by Crippen LogP contribution is 2.21. The van der Waals surface area contributed by atoms with Crippen molar-refractivity contribution in [2.24, 2.45) is 0 Å². The zero-order chi connectivity index (χ0) is 20.5. The van der Waals surface area contributed by atoms with E-state index < -0.39 is 0 Å². The van der Waals surface area contributed by atoms with Crippen molar-refractivity contribution < 1.29 is 14.3 Å². The number of methoxy groups -OCH3 is 1. The average Bonchev–Trinajstić information content (AvgIpc) is 2.77. The van der Waals surface area contributed by atoms with Gasteiger partial charge in [-0.15, -0.1) is 6.58 Å². The Hall–Kier alpha value is -3.11. The molecule has 0 aliphatic carbocycles. The number of benzene rings is 2. The predicted octanol–water partition coefficient (Wildman–Crippen LogP) is 4.56. The summed E-state index contributed by atoms with van der Waals surface area (Å²) in [6.45, 7) is 7.14. The molecule has 150 valence electrons. The monoisotopic (exact) mass is 389 g/mol. The van der Waals surface area contributed by atoms with Gasteiger partial charge in [-0.2, -0.15) is 0 Å². The smallest absolute Gasteiger partial charge is 0.178 e. The van der Waals surface area contributed by atoms with E-state index >= 15 is 0 Å². The number of rotatable bonds is 8. The molecule has 0 bridgehead atoms. The van der Waals surface area contributed by atoms with Gasteiger partial charge in [-0.25, -0.2) is 0 Å². The number of ether oxygens (including phenoxy) is 2. The minimum absolute atomic E-state index is 0.0525. The van der Waals surface area contributed by atoms with Gasteiger partial charge in [0.1, 0.15) is 5.75 Å². The third kappa shape index (κ3) is 5.93. The summed E-state index contributed by atoms with van der Waals surface area (Å²) in [6, 6.07) is 14.1. The Morgan fingerprint density at radius 3 is 2.38 bits per heavy atom. The van der Waals surface area contributed by atoms with Gasteiger partial charge >= 0.3 is 0 Å². The number of nitrogens with zero attached hydrogens (tertiary/aromatic N) is 1. The molecular weight excluding hydrogens is 362 g/mol. The van der Waals surface area contributed by atoms with Crippen molar-refractivity contribution in [1.29, 1.82) is 0 Å². The van der Waals surface area contributed by atoms with E-state index in [9.17, 15) is 4.79 Å². The Morgan fingerprint density at radius 2 is 1.72 bits per heavy atom. The third-order valence-electron chi connectivity index (χ3n) is 4.82. The summed E-state index contributed by atoms with van der Waals surface area (Å²) in [5, 5.41) is 0. The Bertz CT molecular complexity index is 891. The molecule has 2 aromatic rings. The minimum Gasteiger partial charge on any atom is -0.496 e. The number of carbonyl (C=O) groups excluding carboxylic acids is 1. The van der Waals surface area contributed by atoms with Crippen LogP contribution in [-0.4, -0.2) is 39.2 Å². The largest absolute Gasteiger partial charge is 0.496 e. The molecule has 0 aromatic heterocycles. The van der Waals surface area contributed by atoms with Gasteiger partial charge in [0.05, 0.1) is 20.3 Å². The molecule has 2 aromatic carbocycles. The molecule has 0 N–H and O–H groups in total. The van der Waals surface area contributed by atoms with Gasteiger partial charge in [-0.3, -0.25) is 4.79 Å². The quantitative estimate of drug-likeness (QED) is 0.490. The van der Waals surface area contributed by atoms with Crippen LogP contribution in [0.15, 0.2) is 67.3 Å². The first kappa shape index (κ1) is 20.6. The Kier molecular flexibility index (Phi) is 7.42. The predicted molar refractivity (Wildman–Crippen MR) is 119 cm³/mol. The highest BCUT2D eigenvalue weighted by molar-refractivity contribution is 6.04. The lowest BCUT2D eigenvalue weighted by Crippen LogP contribution is -2.36. The van der Waals surface area contributed by atoms with E-state index in [0.29, 0.717) is 0 Å². The van der Waals surface area contributed by atoms with Crippen molar-refractivity contribution in [1.82, 2.24) is 0 Å². The zero-order valence-electron chi connectivity index (χ0n) is 16.8. The zero-order valence-corrected chi connectivity index (χ0v) is 16.8. The van der Waals surface area contributed by atoms with Gasteiger partial charge in [-0.05, 0) is 59.5 Å². The molecular formula is C25H27NO3. The summed E-state index contributed by atoms with van der Waals surface area (Å²) in [5.41, 5.74) is 4.19. The second-order valence-electron chi connectivity index (χ2n) is 6.82. The molecule has 29 heavy (non-hydrogen) atoms. The van der Waals surface area contributed by atoms with Gasteiger partial charge in [0, 0.05) is 18.8 Å². The molecule has 0 spiro atoms. The highest BCUT2D eigenvalue weighted by Gasteiger charge is 2.10. The van der Waals surface area contributed by atoms with E-state index in [0.717, 1.165) is 55.2 Å². The molecule has 0 unspecified atom stereocenters. The number of ketones is 1. The molecule has 1 saturated heterocycles. The van der Waals surface area contributed by atoms with Crippen molar-refractivity contribution in [3.05, 3.63) is 84.0 Å². The molecule has 0 saturated carbocycles. The number of carbonyl (C=O) groups is 1. The van der Waals surface area contributed by atoms with Gasteiger partial charge in [0.25, 0.3) is 0 Å². The fourth-order valence-electron chi connectivity index (χ4n) is 3.25. The van der Waals surface area contributed by atoms with Gasteiger partial charge in [-0.1, -0.05) is 36.4 Å². The van der Waals surface area contributed by atoms with Crippen LogP contribution in [0.25, 0.3) is 12.2 Å². The van der Waals surface area contributed by atoms with Crippen LogP contribution < -0.4 is 9.64 Å². The lowest BCUT2D eigenvalue weighted by Gasteiger charge is -2.28. The highest BCUT2D eigenvalue weighted by atomic mass is 16.5. The van der Waals surface area contributed by atoms with E-state index in [2.05, 4.69) is 23.6 Å². The van der Waals surface area contributed by atoms with Crippen LogP contribution in [0.2, 0.25) is 0 Å². The van der Waals surface area contributed by atoms with Crippen LogP contribution in [-0.2, 0) is 16.0 Å². The summed E-state index contributed by atoms with van der Waals surface area (Å²) in [5.74, 6) is 0.775. The van der Waals surface area contributed by atoms with Crippen LogP contribution in [0.3, 0.4) is 0 Å². The number of hydrogen-bond donors (Lipinski definition) is 0. The molecule has 1 aliphatic heterocycles. The lowest BCUT2D eigenvalue weighted by atomic mass is 10.1. The normalized spacial score (nSPS) is 14.4. The van der Waals surface area contributed by atoms with Gasteiger partial charge in [0.2, 0.25) is 0 Å². The average molecular weight is 389 g/mol. The number of allylic oxidation sites excluding steroid dienone is 3. The molecule has 1 aliphatic rings. The maximum atomic E-state index is 12.2. The van der Waals surface area contributed by atoms with E-state index in [4.69, 9.17) is 9.47 Å². The van der Waals surface area contributed by atoms with E-state index in [-0.39, 0.29) is 5.78 Å². The van der Waals surface area contributed by atoms with E-state index in [1.807, 2.05) is 48.6 Å². The minimum atomic E-state index is -0.0525. The first-order valence-corrected chi connectivity index (χ1v) is 9.80. The molecule has 1 fully saturated rings. The van der Waals surface area contributed by atoms with Crippen LogP contribution in [0.4, 0.5) is 5.69 Å². The molecule has 0 atom stereocenters. The maximum Gasteiger partial charge on any atom is 0.178 e. The fourth-order valence-corrected chi connectivity index (χ4v) is 3.25. The molecule has 0 amide bonds. The third-order valence-corrected chi connectivity index (χ3v) is 4.82.